The van der Waals surface area contributed by atoms with Crippen molar-refractivity contribution in [2.75, 3.05) is 0 Å². The van der Waals surface area contributed by atoms with E-state index < -0.39 is 0 Å². The number of aromatic nitrogens is 1. The molecule has 0 N–H and O–H groups in total. The minimum atomic E-state index is -0.278. The SMILES string of the molecule is Fc1ccc2nsc(Cl)c2c1. The van der Waals surface area contributed by atoms with Crippen LogP contribution in [0.15, 0.2) is 18.2 Å². The topological polar surface area (TPSA) is 12.9 Å². The third kappa shape index (κ3) is 1.10. The van der Waals surface area contributed by atoms with Gasteiger partial charge in [-0.1, -0.05) is 11.6 Å². The van der Waals surface area contributed by atoms with Crippen molar-refractivity contribution in [1.29, 1.82) is 0 Å². The summed E-state index contributed by atoms with van der Waals surface area (Å²) in [4.78, 5) is 0. The van der Waals surface area contributed by atoms with Crippen molar-refractivity contribution in [1.82, 2.24) is 4.37 Å². The Balaban J connectivity index is 2.87. The van der Waals surface area contributed by atoms with Crippen LogP contribution in [0.25, 0.3) is 10.9 Å². The molecule has 0 bridgehead atoms. The summed E-state index contributed by atoms with van der Waals surface area (Å²) in [5, 5.41) is 0.691. The monoisotopic (exact) mass is 187 g/mol. The van der Waals surface area contributed by atoms with Crippen LogP contribution in [0.4, 0.5) is 4.39 Å². The smallest absolute Gasteiger partial charge is 0.124 e. The molecule has 0 spiro atoms. The molecular weight excluding hydrogens is 185 g/mol. The van der Waals surface area contributed by atoms with Crippen LogP contribution in [0.3, 0.4) is 0 Å². The fourth-order valence-corrected chi connectivity index (χ4v) is 1.74. The molecule has 0 saturated heterocycles. The maximum Gasteiger partial charge on any atom is 0.124 e. The molecule has 0 aliphatic carbocycles. The number of fused-ring (bicyclic) bond motifs is 1. The zero-order valence-corrected chi connectivity index (χ0v) is 6.92. The lowest BCUT2D eigenvalue weighted by atomic mass is 10.2. The van der Waals surface area contributed by atoms with Gasteiger partial charge in [-0.25, -0.2) is 4.39 Å². The number of nitrogens with zero attached hydrogens (tertiary/aromatic N) is 1. The Bertz CT molecular complexity index is 398. The highest BCUT2D eigenvalue weighted by molar-refractivity contribution is 7.12. The molecule has 1 nitrogen and oxygen atoms in total. The van der Waals surface area contributed by atoms with Crippen LogP contribution in [0.1, 0.15) is 0 Å². The molecule has 2 rings (SSSR count). The highest BCUT2D eigenvalue weighted by Gasteiger charge is 2.03. The van der Waals surface area contributed by atoms with E-state index in [1.165, 1.54) is 23.7 Å². The Morgan fingerprint density at radius 2 is 2.27 bits per heavy atom. The van der Waals surface area contributed by atoms with Gasteiger partial charge in [0.15, 0.2) is 0 Å². The molecule has 1 heterocycles. The fraction of sp³-hybridized carbons (Fsp3) is 0. The van der Waals surface area contributed by atoms with Crippen molar-refractivity contribution >= 4 is 34.0 Å². The minimum Gasteiger partial charge on any atom is -0.207 e. The van der Waals surface area contributed by atoms with Crippen molar-refractivity contribution in [3.05, 3.63) is 28.4 Å². The minimum absolute atomic E-state index is 0.278. The second kappa shape index (κ2) is 2.43. The van der Waals surface area contributed by atoms with Crippen LogP contribution >= 0.6 is 23.1 Å². The number of hydrogen-bond donors (Lipinski definition) is 0. The first-order chi connectivity index (χ1) is 5.27. The van der Waals surface area contributed by atoms with Crippen molar-refractivity contribution < 1.29 is 4.39 Å². The van der Waals surface area contributed by atoms with Gasteiger partial charge in [-0.05, 0) is 29.7 Å². The molecule has 0 aliphatic heterocycles. The first kappa shape index (κ1) is 7.00. The van der Waals surface area contributed by atoms with E-state index in [1.807, 2.05) is 0 Å². The van der Waals surface area contributed by atoms with Crippen LogP contribution in [-0.2, 0) is 0 Å². The lowest BCUT2D eigenvalue weighted by Crippen LogP contribution is -1.71. The van der Waals surface area contributed by atoms with E-state index in [4.69, 9.17) is 11.6 Å². The normalized spacial score (nSPS) is 10.7. The van der Waals surface area contributed by atoms with Gasteiger partial charge in [0.2, 0.25) is 0 Å². The predicted molar refractivity (Wildman–Crippen MR) is 44.6 cm³/mol. The van der Waals surface area contributed by atoms with Crippen LogP contribution in [-0.4, -0.2) is 4.37 Å². The van der Waals surface area contributed by atoms with Gasteiger partial charge in [0, 0.05) is 5.39 Å². The van der Waals surface area contributed by atoms with Crippen LogP contribution in [0, 0.1) is 5.82 Å². The molecule has 0 atom stereocenters. The average Bonchev–Trinajstić information content (AvgIpc) is 2.33. The predicted octanol–water partition coefficient (Wildman–Crippen LogP) is 3.09. The lowest BCUT2D eigenvalue weighted by molar-refractivity contribution is 0.630. The van der Waals surface area contributed by atoms with Crippen LogP contribution < -0.4 is 0 Å². The van der Waals surface area contributed by atoms with Gasteiger partial charge >= 0.3 is 0 Å². The third-order valence-corrected chi connectivity index (χ3v) is 2.47. The summed E-state index contributed by atoms with van der Waals surface area (Å²) in [6, 6.07) is 4.38. The van der Waals surface area contributed by atoms with E-state index in [0.29, 0.717) is 9.72 Å². The number of rotatable bonds is 0. The van der Waals surface area contributed by atoms with E-state index >= 15 is 0 Å². The molecule has 11 heavy (non-hydrogen) atoms. The van der Waals surface area contributed by atoms with Crippen LogP contribution in [0.5, 0.6) is 0 Å². The Labute approximate surface area is 71.6 Å². The Hall–Kier alpha value is -0.670. The van der Waals surface area contributed by atoms with Gasteiger partial charge in [0.05, 0.1) is 5.52 Å². The molecule has 0 unspecified atom stereocenters. The van der Waals surface area contributed by atoms with Crippen molar-refractivity contribution in [2.45, 2.75) is 0 Å². The molecule has 1 aromatic heterocycles. The van der Waals surface area contributed by atoms with Crippen molar-refractivity contribution in [3.8, 4) is 0 Å². The summed E-state index contributed by atoms with van der Waals surface area (Å²) in [6.07, 6.45) is 0. The Morgan fingerprint density at radius 1 is 1.45 bits per heavy atom. The zero-order chi connectivity index (χ0) is 7.84. The number of benzene rings is 1. The number of hydrogen-bond acceptors (Lipinski definition) is 2. The van der Waals surface area contributed by atoms with Crippen molar-refractivity contribution in [3.63, 3.8) is 0 Å². The highest BCUT2D eigenvalue weighted by atomic mass is 35.5. The summed E-state index contributed by atoms with van der Waals surface area (Å²) in [7, 11) is 0. The van der Waals surface area contributed by atoms with Crippen molar-refractivity contribution in [2.24, 2.45) is 0 Å². The van der Waals surface area contributed by atoms with Gasteiger partial charge < -0.3 is 0 Å². The molecular formula is C7H3ClFNS. The molecule has 0 amide bonds. The fourth-order valence-electron chi connectivity index (χ4n) is 0.884. The molecule has 2 aromatic rings. The van der Waals surface area contributed by atoms with E-state index in [1.54, 1.807) is 6.07 Å². The van der Waals surface area contributed by atoms with E-state index in [9.17, 15) is 4.39 Å². The van der Waals surface area contributed by atoms with Crippen LogP contribution in [0.2, 0.25) is 4.34 Å². The largest absolute Gasteiger partial charge is 0.207 e. The first-order valence-corrected chi connectivity index (χ1v) is 4.13. The zero-order valence-electron chi connectivity index (χ0n) is 5.34. The molecule has 0 radical (unpaired) electrons. The average molecular weight is 188 g/mol. The molecule has 1 aromatic carbocycles. The van der Waals surface area contributed by atoms with E-state index in [0.717, 1.165) is 5.52 Å². The molecule has 0 saturated carbocycles. The van der Waals surface area contributed by atoms with Gasteiger partial charge in [-0.15, -0.1) is 0 Å². The maximum absolute atomic E-state index is 12.6. The lowest BCUT2D eigenvalue weighted by Gasteiger charge is -1.87. The highest BCUT2D eigenvalue weighted by Crippen LogP contribution is 2.27. The Morgan fingerprint density at radius 3 is 3.09 bits per heavy atom. The summed E-state index contributed by atoms with van der Waals surface area (Å²) in [5.74, 6) is -0.278. The molecule has 0 fully saturated rings. The maximum atomic E-state index is 12.6. The number of halogens is 2. The van der Waals surface area contributed by atoms with E-state index in [2.05, 4.69) is 4.37 Å². The molecule has 0 aliphatic rings. The summed E-state index contributed by atoms with van der Waals surface area (Å²) < 4.78 is 17.2. The van der Waals surface area contributed by atoms with Gasteiger partial charge in [-0.2, -0.15) is 4.37 Å². The summed E-state index contributed by atoms with van der Waals surface area (Å²) >= 11 is 6.91. The molecule has 56 valence electrons. The standard InChI is InChI=1S/C7H3ClFNS/c8-7-5-3-4(9)1-2-6(5)10-11-7/h1-3H. The Kier molecular flexibility index (Phi) is 1.55. The molecule has 4 heteroatoms. The van der Waals surface area contributed by atoms with Gasteiger partial charge in [0.25, 0.3) is 0 Å². The van der Waals surface area contributed by atoms with Gasteiger partial charge in [-0.3, -0.25) is 0 Å². The van der Waals surface area contributed by atoms with E-state index in [-0.39, 0.29) is 5.82 Å². The first-order valence-electron chi connectivity index (χ1n) is 2.98. The second-order valence-corrected chi connectivity index (χ2v) is 3.49. The second-order valence-electron chi connectivity index (χ2n) is 2.12. The quantitative estimate of drug-likeness (QED) is 0.618. The third-order valence-electron chi connectivity index (χ3n) is 1.39. The van der Waals surface area contributed by atoms with Gasteiger partial charge in [0.1, 0.15) is 10.2 Å². The summed E-state index contributed by atoms with van der Waals surface area (Å²) in [6.45, 7) is 0. The summed E-state index contributed by atoms with van der Waals surface area (Å²) in [5.41, 5.74) is 0.751.